The van der Waals surface area contributed by atoms with Crippen LogP contribution in [0, 0.1) is 0 Å². The van der Waals surface area contributed by atoms with Gasteiger partial charge in [-0.25, -0.2) is 9.59 Å². The number of urea groups is 1. The molecule has 6 heteroatoms. The van der Waals surface area contributed by atoms with Crippen LogP contribution >= 0.6 is 11.3 Å². The van der Waals surface area contributed by atoms with E-state index in [1.165, 1.54) is 11.3 Å². The maximum absolute atomic E-state index is 11.7. The van der Waals surface area contributed by atoms with Gasteiger partial charge in [0, 0.05) is 11.8 Å². The van der Waals surface area contributed by atoms with Crippen molar-refractivity contribution in [1.82, 2.24) is 5.32 Å². The highest BCUT2D eigenvalue weighted by Crippen LogP contribution is 2.11. The van der Waals surface area contributed by atoms with Crippen molar-refractivity contribution in [2.24, 2.45) is 0 Å². The van der Waals surface area contributed by atoms with Gasteiger partial charge >= 0.3 is 12.0 Å². The predicted octanol–water partition coefficient (Wildman–Crippen LogP) is 2.57. The molecule has 3 N–H and O–H groups in total. The number of carbonyl (C=O) groups is 2. The van der Waals surface area contributed by atoms with E-state index >= 15 is 0 Å². The Morgan fingerprint density at radius 1 is 1.20 bits per heavy atom. The Morgan fingerprint density at radius 3 is 2.55 bits per heavy atom. The van der Waals surface area contributed by atoms with Gasteiger partial charge in [0.15, 0.2) is 0 Å². The van der Waals surface area contributed by atoms with Crippen LogP contribution in [0.2, 0.25) is 0 Å². The number of amides is 2. The Morgan fingerprint density at radius 2 is 1.95 bits per heavy atom. The fourth-order valence-electron chi connectivity index (χ4n) is 1.71. The third-order valence-corrected chi connectivity index (χ3v) is 3.35. The summed E-state index contributed by atoms with van der Waals surface area (Å²) in [6, 6.07) is 9.44. The van der Waals surface area contributed by atoms with Gasteiger partial charge in [-0.2, -0.15) is 11.3 Å². The second kappa shape index (κ2) is 6.72. The van der Waals surface area contributed by atoms with E-state index in [4.69, 9.17) is 5.11 Å². The number of hydrogen-bond acceptors (Lipinski definition) is 3. The van der Waals surface area contributed by atoms with Crippen LogP contribution in [-0.4, -0.2) is 23.1 Å². The summed E-state index contributed by atoms with van der Waals surface area (Å²) in [5.74, 6) is -1.06. The van der Waals surface area contributed by atoms with Crippen LogP contribution in [-0.2, 0) is 11.2 Å². The monoisotopic (exact) mass is 290 g/mol. The molecule has 1 aromatic heterocycles. The maximum Gasteiger partial charge on any atom is 0.326 e. The zero-order valence-electron chi connectivity index (χ0n) is 10.6. The standard InChI is InChI=1S/C14H14N2O3S/c17-13(18)12(8-10-4-2-1-3-5-10)16-14(19)15-11-6-7-20-9-11/h1-7,9,12H,8H2,(H,17,18)(H2,15,16,19)/t12-/m0/s1. The van der Waals surface area contributed by atoms with Crippen molar-refractivity contribution in [2.45, 2.75) is 12.5 Å². The summed E-state index contributed by atoms with van der Waals surface area (Å²) in [6.45, 7) is 0. The first-order valence-electron chi connectivity index (χ1n) is 6.01. The highest BCUT2D eigenvalue weighted by Gasteiger charge is 2.20. The van der Waals surface area contributed by atoms with Crippen LogP contribution in [0.5, 0.6) is 0 Å². The minimum Gasteiger partial charge on any atom is -0.480 e. The molecule has 2 amide bonds. The van der Waals surface area contributed by atoms with Crippen LogP contribution in [0.4, 0.5) is 10.5 Å². The highest BCUT2D eigenvalue weighted by atomic mass is 32.1. The van der Waals surface area contributed by atoms with E-state index in [-0.39, 0.29) is 6.42 Å². The number of nitrogens with one attached hydrogen (secondary N) is 2. The molecule has 0 saturated carbocycles. The molecule has 104 valence electrons. The van der Waals surface area contributed by atoms with E-state index in [2.05, 4.69) is 10.6 Å². The molecule has 0 radical (unpaired) electrons. The number of anilines is 1. The molecule has 0 aliphatic rings. The molecule has 1 aromatic carbocycles. The fraction of sp³-hybridized carbons (Fsp3) is 0.143. The smallest absolute Gasteiger partial charge is 0.326 e. The minimum atomic E-state index is -1.06. The maximum atomic E-state index is 11.7. The summed E-state index contributed by atoms with van der Waals surface area (Å²) < 4.78 is 0. The van der Waals surface area contributed by atoms with E-state index < -0.39 is 18.0 Å². The molecule has 0 aliphatic carbocycles. The van der Waals surface area contributed by atoms with Gasteiger partial charge in [-0.05, 0) is 17.0 Å². The van der Waals surface area contributed by atoms with Gasteiger partial charge in [0.25, 0.3) is 0 Å². The summed E-state index contributed by atoms with van der Waals surface area (Å²) in [5.41, 5.74) is 1.51. The van der Waals surface area contributed by atoms with Crippen molar-refractivity contribution in [3.63, 3.8) is 0 Å². The van der Waals surface area contributed by atoms with Crippen molar-refractivity contribution in [2.75, 3.05) is 5.32 Å². The number of carboxylic acids is 1. The van der Waals surface area contributed by atoms with E-state index in [1.54, 1.807) is 11.4 Å². The molecule has 1 heterocycles. The molecule has 0 aliphatic heterocycles. The molecule has 0 bridgehead atoms. The average molecular weight is 290 g/mol. The predicted molar refractivity (Wildman–Crippen MR) is 78.0 cm³/mol. The largest absolute Gasteiger partial charge is 0.480 e. The van der Waals surface area contributed by atoms with Crippen LogP contribution in [0.15, 0.2) is 47.2 Å². The lowest BCUT2D eigenvalue weighted by atomic mass is 10.1. The lowest BCUT2D eigenvalue weighted by Crippen LogP contribution is -2.44. The normalized spacial score (nSPS) is 11.6. The first-order chi connectivity index (χ1) is 9.65. The van der Waals surface area contributed by atoms with E-state index in [1.807, 2.05) is 35.7 Å². The second-order valence-electron chi connectivity index (χ2n) is 4.19. The Labute approximate surface area is 120 Å². The van der Waals surface area contributed by atoms with Crippen molar-refractivity contribution < 1.29 is 14.7 Å². The van der Waals surface area contributed by atoms with Gasteiger partial charge in [-0.1, -0.05) is 30.3 Å². The van der Waals surface area contributed by atoms with Gasteiger partial charge in [0.2, 0.25) is 0 Å². The number of carboxylic acid groups (broad SMARTS) is 1. The second-order valence-corrected chi connectivity index (χ2v) is 4.97. The zero-order chi connectivity index (χ0) is 14.4. The van der Waals surface area contributed by atoms with Gasteiger partial charge in [0.05, 0.1) is 5.69 Å². The summed E-state index contributed by atoms with van der Waals surface area (Å²) >= 11 is 1.45. The quantitative estimate of drug-likeness (QED) is 0.792. The fourth-order valence-corrected chi connectivity index (χ4v) is 2.30. The minimum absolute atomic E-state index is 0.243. The first kappa shape index (κ1) is 14.1. The van der Waals surface area contributed by atoms with E-state index in [0.29, 0.717) is 5.69 Å². The Kier molecular flexibility index (Phi) is 4.73. The van der Waals surface area contributed by atoms with E-state index in [0.717, 1.165) is 5.56 Å². The third kappa shape index (κ3) is 4.10. The van der Waals surface area contributed by atoms with Crippen molar-refractivity contribution in [3.8, 4) is 0 Å². The number of hydrogen-bond donors (Lipinski definition) is 3. The van der Waals surface area contributed by atoms with Gasteiger partial charge < -0.3 is 15.7 Å². The van der Waals surface area contributed by atoms with Crippen molar-refractivity contribution in [1.29, 1.82) is 0 Å². The molecular formula is C14H14N2O3S. The number of aliphatic carboxylic acids is 1. The Balaban J connectivity index is 1.95. The summed E-state index contributed by atoms with van der Waals surface area (Å²) in [4.78, 5) is 22.9. The van der Waals surface area contributed by atoms with Crippen molar-refractivity contribution >= 4 is 29.0 Å². The Hall–Kier alpha value is -2.34. The number of thiophene rings is 1. The van der Waals surface area contributed by atoms with Gasteiger partial charge in [-0.3, -0.25) is 0 Å². The topological polar surface area (TPSA) is 78.4 Å². The van der Waals surface area contributed by atoms with Crippen LogP contribution < -0.4 is 10.6 Å². The highest BCUT2D eigenvalue weighted by molar-refractivity contribution is 7.08. The van der Waals surface area contributed by atoms with Crippen LogP contribution in [0.3, 0.4) is 0 Å². The molecule has 0 fully saturated rings. The molecule has 1 atom stereocenters. The summed E-state index contributed by atoms with van der Waals surface area (Å²) in [5, 5.41) is 17.8. The molecule has 5 nitrogen and oxygen atoms in total. The lowest BCUT2D eigenvalue weighted by Gasteiger charge is -2.14. The Bertz CT molecular complexity index is 569. The van der Waals surface area contributed by atoms with Crippen molar-refractivity contribution in [3.05, 3.63) is 52.7 Å². The number of rotatable bonds is 5. The molecule has 0 saturated heterocycles. The van der Waals surface area contributed by atoms with Gasteiger partial charge in [0.1, 0.15) is 6.04 Å². The molecule has 0 spiro atoms. The molecule has 2 aromatic rings. The molecular weight excluding hydrogens is 276 g/mol. The average Bonchev–Trinajstić information content (AvgIpc) is 2.92. The summed E-state index contributed by atoms with van der Waals surface area (Å²) in [6.07, 6.45) is 0.243. The zero-order valence-corrected chi connectivity index (χ0v) is 11.4. The SMILES string of the molecule is O=C(Nc1ccsc1)N[C@@H](Cc1ccccc1)C(=O)O. The van der Waals surface area contributed by atoms with Crippen LogP contribution in [0.1, 0.15) is 5.56 Å². The van der Waals surface area contributed by atoms with Gasteiger partial charge in [-0.15, -0.1) is 0 Å². The van der Waals surface area contributed by atoms with Crippen LogP contribution in [0.25, 0.3) is 0 Å². The molecule has 2 rings (SSSR count). The number of benzene rings is 1. The lowest BCUT2D eigenvalue weighted by molar-refractivity contribution is -0.139. The third-order valence-electron chi connectivity index (χ3n) is 2.67. The molecule has 20 heavy (non-hydrogen) atoms. The number of carbonyl (C=O) groups excluding carboxylic acids is 1. The summed E-state index contributed by atoms with van der Waals surface area (Å²) in [7, 11) is 0. The first-order valence-corrected chi connectivity index (χ1v) is 6.96. The van der Waals surface area contributed by atoms with E-state index in [9.17, 15) is 9.59 Å². The molecule has 0 unspecified atom stereocenters.